The van der Waals surface area contributed by atoms with Crippen LogP contribution in [0.3, 0.4) is 0 Å². The molecule has 4 heterocycles. The van der Waals surface area contributed by atoms with Crippen LogP contribution in [0.5, 0.6) is 0 Å². The van der Waals surface area contributed by atoms with Crippen LogP contribution in [-0.2, 0) is 11.3 Å². The van der Waals surface area contributed by atoms with Gasteiger partial charge in [0.15, 0.2) is 5.82 Å². The predicted octanol–water partition coefficient (Wildman–Crippen LogP) is 1.38. The molecule has 0 aromatic carbocycles. The molecular formula is C17H18ClF2N5O3. The number of carbonyl (C=O) groups is 1. The Balaban J connectivity index is 1.65. The molecule has 2 aliphatic heterocycles. The van der Waals surface area contributed by atoms with E-state index in [1.54, 1.807) is 12.1 Å². The summed E-state index contributed by atoms with van der Waals surface area (Å²) < 4.78 is 29.2. The second-order valence-corrected chi connectivity index (χ2v) is 7.55. The first-order valence-corrected chi connectivity index (χ1v) is 9.27. The van der Waals surface area contributed by atoms with Gasteiger partial charge in [-0.15, -0.1) is 0 Å². The van der Waals surface area contributed by atoms with Gasteiger partial charge in [-0.1, -0.05) is 11.6 Å². The number of aromatic nitrogens is 4. The number of hydrogen-bond donors (Lipinski definition) is 1. The Morgan fingerprint density at radius 1 is 1.36 bits per heavy atom. The van der Waals surface area contributed by atoms with E-state index in [2.05, 4.69) is 10.1 Å². The van der Waals surface area contributed by atoms with Crippen molar-refractivity contribution < 1.29 is 18.7 Å². The van der Waals surface area contributed by atoms with Crippen LogP contribution in [0.1, 0.15) is 42.9 Å². The highest BCUT2D eigenvalue weighted by Crippen LogP contribution is 2.33. The molecule has 8 nitrogen and oxygen atoms in total. The fraction of sp³-hybridized carbons (Fsp3) is 0.529. The third-order valence-electron chi connectivity index (χ3n) is 5.09. The topological polar surface area (TPSA) is 93.2 Å². The summed E-state index contributed by atoms with van der Waals surface area (Å²) in [5.74, 6) is -3.40. The Labute approximate surface area is 163 Å². The van der Waals surface area contributed by atoms with Gasteiger partial charge < -0.3 is 10.0 Å². The second-order valence-electron chi connectivity index (χ2n) is 7.11. The predicted molar refractivity (Wildman–Crippen MR) is 94.2 cm³/mol. The Hall–Kier alpha value is -2.33. The number of likely N-dealkylation sites (tertiary alicyclic amines) is 1. The summed E-state index contributed by atoms with van der Waals surface area (Å²) in [5.41, 5.74) is -0.0618. The molecular weight excluding hydrogens is 396 g/mol. The summed E-state index contributed by atoms with van der Waals surface area (Å²) in [5, 5.41) is 14.8. The van der Waals surface area contributed by atoms with E-state index in [9.17, 15) is 23.5 Å². The first-order valence-electron chi connectivity index (χ1n) is 8.89. The van der Waals surface area contributed by atoms with E-state index in [4.69, 9.17) is 11.6 Å². The van der Waals surface area contributed by atoms with Crippen molar-refractivity contribution in [1.82, 2.24) is 24.2 Å². The Morgan fingerprint density at radius 2 is 2.14 bits per heavy atom. The standard InChI is InChI=1S/C17H18ClF2N5O3/c18-10-1-2-11(21-7-10)8-24-16(28)25-12(3-4-13(26)14(25)22-24)15(27)23-6-5-17(19,20)9-23/h1-2,7,12-13,26H,3-6,8-9H2. The SMILES string of the molecule is O=C(C1CCC(O)c2nn(Cc3ccc(Cl)cn3)c(=O)n21)N1CCC(F)(F)C1. The summed E-state index contributed by atoms with van der Waals surface area (Å²) in [6.45, 7) is -0.680. The van der Waals surface area contributed by atoms with Gasteiger partial charge in [0.2, 0.25) is 5.91 Å². The number of fused-ring (bicyclic) bond motifs is 1. The number of carbonyl (C=O) groups excluding carboxylic acids is 1. The van der Waals surface area contributed by atoms with E-state index in [0.29, 0.717) is 10.7 Å². The molecule has 2 unspecified atom stereocenters. The molecule has 4 rings (SSSR count). The number of halogens is 3. The highest BCUT2D eigenvalue weighted by Gasteiger charge is 2.44. The minimum atomic E-state index is -2.91. The largest absolute Gasteiger partial charge is 0.385 e. The quantitative estimate of drug-likeness (QED) is 0.820. The van der Waals surface area contributed by atoms with Gasteiger partial charge in [0.1, 0.15) is 12.1 Å². The normalized spacial score (nSPS) is 23.6. The van der Waals surface area contributed by atoms with Crippen molar-refractivity contribution in [1.29, 1.82) is 0 Å². The zero-order valence-electron chi connectivity index (χ0n) is 14.8. The summed E-state index contributed by atoms with van der Waals surface area (Å²) in [4.78, 5) is 30.9. The van der Waals surface area contributed by atoms with Gasteiger partial charge >= 0.3 is 5.69 Å². The van der Waals surface area contributed by atoms with Crippen LogP contribution < -0.4 is 5.69 Å². The highest BCUT2D eigenvalue weighted by atomic mass is 35.5. The summed E-state index contributed by atoms with van der Waals surface area (Å²) >= 11 is 5.80. The van der Waals surface area contributed by atoms with E-state index >= 15 is 0 Å². The zero-order valence-corrected chi connectivity index (χ0v) is 15.5. The van der Waals surface area contributed by atoms with Crippen LogP contribution in [0.4, 0.5) is 8.78 Å². The van der Waals surface area contributed by atoms with Crippen molar-refractivity contribution in [2.75, 3.05) is 13.1 Å². The molecule has 2 atom stereocenters. The van der Waals surface area contributed by atoms with Gasteiger partial charge in [-0.2, -0.15) is 5.10 Å². The van der Waals surface area contributed by atoms with Gasteiger partial charge in [-0.25, -0.2) is 18.3 Å². The van der Waals surface area contributed by atoms with E-state index < -0.39 is 42.6 Å². The monoisotopic (exact) mass is 413 g/mol. The van der Waals surface area contributed by atoms with Gasteiger partial charge in [0.05, 0.1) is 23.8 Å². The number of alkyl halides is 2. The number of aliphatic hydroxyl groups is 1. The molecule has 2 aliphatic rings. The van der Waals surface area contributed by atoms with Crippen LogP contribution in [-0.4, -0.2) is 54.3 Å². The van der Waals surface area contributed by atoms with Crippen molar-refractivity contribution in [2.45, 2.75) is 43.9 Å². The summed E-state index contributed by atoms with van der Waals surface area (Å²) in [6, 6.07) is 2.31. The number of nitrogens with zero attached hydrogens (tertiary/aromatic N) is 5. The van der Waals surface area contributed by atoms with Crippen molar-refractivity contribution in [3.8, 4) is 0 Å². The number of pyridine rings is 1. The van der Waals surface area contributed by atoms with Crippen molar-refractivity contribution >= 4 is 17.5 Å². The number of hydrogen-bond acceptors (Lipinski definition) is 5. The van der Waals surface area contributed by atoms with Crippen molar-refractivity contribution in [2.24, 2.45) is 0 Å². The van der Waals surface area contributed by atoms with E-state index in [-0.39, 0.29) is 31.8 Å². The third-order valence-corrected chi connectivity index (χ3v) is 5.31. The van der Waals surface area contributed by atoms with Crippen molar-refractivity contribution in [3.63, 3.8) is 0 Å². The molecule has 2 aromatic heterocycles. The Kier molecular flexibility index (Phi) is 4.70. The first kappa shape index (κ1) is 19.0. The molecule has 11 heteroatoms. The maximum Gasteiger partial charge on any atom is 0.347 e. The van der Waals surface area contributed by atoms with Gasteiger partial charge in [0.25, 0.3) is 5.92 Å². The molecule has 28 heavy (non-hydrogen) atoms. The fourth-order valence-electron chi connectivity index (χ4n) is 3.66. The molecule has 1 amide bonds. The summed E-state index contributed by atoms with van der Waals surface area (Å²) in [6.07, 6.45) is 0.441. The van der Waals surface area contributed by atoms with E-state index in [1.807, 2.05) is 0 Å². The molecule has 1 saturated heterocycles. The molecule has 0 saturated carbocycles. The van der Waals surface area contributed by atoms with Crippen LogP contribution in [0.25, 0.3) is 0 Å². The van der Waals surface area contributed by atoms with Crippen LogP contribution in [0.15, 0.2) is 23.1 Å². The van der Waals surface area contributed by atoms with Crippen LogP contribution in [0.2, 0.25) is 5.02 Å². The summed E-state index contributed by atoms with van der Waals surface area (Å²) in [7, 11) is 0. The molecule has 150 valence electrons. The third kappa shape index (κ3) is 3.42. The highest BCUT2D eigenvalue weighted by molar-refractivity contribution is 6.30. The average molecular weight is 414 g/mol. The average Bonchev–Trinajstić information content (AvgIpc) is 3.18. The maximum absolute atomic E-state index is 13.5. The molecule has 0 aliphatic carbocycles. The number of rotatable bonds is 3. The smallest absolute Gasteiger partial charge is 0.347 e. The lowest BCUT2D eigenvalue weighted by atomic mass is 10.0. The maximum atomic E-state index is 13.5. The Morgan fingerprint density at radius 3 is 2.79 bits per heavy atom. The van der Waals surface area contributed by atoms with Crippen molar-refractivity contribution in [3.05, 3.63) is 45.4 Å². The molecule has 1 N–H and O–H groups in total. The van der Waals surface area contributed by atoms with Crippen LogP contribution >= 0.6 is 11.6 Å². The molecule has 2 aromatic rings. The fourth-order valence-corrected chi connectivity index (χ4v) is 3.77. The minimum Gasteiger partial charge on any atom is -0.385 e. The molecule has 0 bridgehead atoms. The van der Waals surface area contributed by atoms with Gasteiger partial charge in [0, 0.05) is 19.2 Å². The van der Waals surface area contributed by atoms with Gasteiger partial charge in [-0.3, -0.25) is 14.3 Å². The Bertz CT molecular complexity index is 959. The molecule has 0 radical (unpaired) electrons. The minimum absolute atomic E-state index is 0.0332. The number of amides is 1. The lowest BCUT2D eigenvalue weighted by Crippen LogP contribution is -2.43. The van der Waals surface area contributed by atoms with E-state index in [0.717, 1.165) is 14.1 Å². The van der Waals surface area contributed by atoms with E-state index in [1.165, 1.54) is 6.20 Å². The van der Waals surface area contributed by atoms with Crippen LogP contribution in [0, 0.1) is 0 Å². The van der Waals surface area contributed by atoms with Gasteiger partial charge in [-0.05, 0) is 25.0 Å². The molecule has 1 fully saturated rings. The lowest BCUT2D eigenvalue weighted by Gasteiger charge is -2.29. The lowest BCUT2D eigenvalue weighted by molar-refractivity contribution is -0.136. The molecule has 0 spiro atoms. The second kappa shape index (κ2) is 6.93. The zero-order chi connectivity index (χ0) is 20.1. The number of aliphatic hydroxyl groups excluding tert-OH is 1. The first-order chi connectivity index (χ1) is 13.2.